The fourth-order valence-corrected chi connectivity index (χ4v) is 4.84. The molecule has 9 heteroatoms. The largest absolute Gasteiger partial charge is 0.489 e. The molecular formula is C25H27N5O4. The summed E-state index contributed by atoms with van der Waals surface area (Å²) in [5.74, 6) is 0.170. The van der Waals surface area contributed by atoms with Gasteiger partial charge in [-0.2, -0.15) is 5.10 Å². The maximum Gasteiger partial charge on any atom is 0.261 e. The van der Waals surface area contributed by atoms with Crippen molar-refractivity contribution in [3.63, 3.8) is 0 Å². The van der Waals surface area contributed by atoms with E-state index in [0.29, 0.717) is 34.8 Å². The first-order chi connectivity index (χ1) is 16.4. The van der Waals surface area contributed by atoms with E-state index < -0.39 is 0 Å². The van der Waals surface area contributed by atoms with E-state index in [9.17, 15) is 14.4 Å². The first-order valence-corrected chi connectivity index (χ1v) is 11.6. The van der Waals surface area contributed by atoms with Crippen LogP contribution in [0.4, 0.5) is 5.69 Å². The molecule has 0 atom stereocenters. The minimum Gasteiger partial charge on any atom is -0.489 e. The predicted molar refractivity (Wildman–Crippen MR) is 125 cm³/mol. The molecule has 0 radical (unpaired) electrons. The van der Waals surface area contributed by atoms with Crippen LogP contribution in [0.25, 0.3) is 5.65 Å². The van der Waals surface area contributed by atoms with E-state index in [-0.39, 0.29) is 29.9 Å². The Balaban J connectivity index is 1.42. The summed E-state index contributed by atoms with van der Waals surface area (Å²) in [5, 5.41) is 7.12. The Bertz CT molecular complexity index is 1260. The number of carbonyl (C=O) groups excluding carboxylic acids is 3. The van der Waals surface area contributed by atoms with E-state index in [1.165, 1.54) is 6.20 Å². The molecule has 176 valence electrons. The van der Waals surface area contributed by atoms with Gasteiger partial charge in [-0.3, -0.25) is 9.59 Å². The van der Waals surface area contributed by atoms with Gasteiger partial charge in [-0.15, -0.1) is 0 Å². The standard InChI is InChI=1S/C25H27N5O4/c1-15(2)34-22-11-19-17(13-29(25(19)33)18-6-4-16(14-31)5-7-18)10-21(22)28-24(32)20-12-27-30-9-3-8-26-23(20)30/h3,8-12,14-16,18H,4-7,13H2,1-2H3,(H,28,32). The van der Waals surface area contributed by atoms with E-state index in [1.807, 2.05) is 24.8 Å². The van der Waals surface area contributed by atoms with E-state index in [2.05, 4.69) is 15.4 Å². The van der Waals surface area contributed by atoms with Crippen LogP contribution in [0.3, 0.4) is 0 Å². The second kappa shape index (κ2) is 8.89. The molecule has 2 amide bonds. The number of rotatable bonds is 6. The highest BCUT2D eigenvalue weighted by Crippen LogP contribution is 2.38. The SMILES string of the molecule is CC(C)Oc1cc2c(cc1NC(=O)c1cnn3cccnc13)CN(C1CCC(C=O)CC1)C2=O. The van der Waals surface area contributed by atoms with Crippen molar-refractivity contribution in [3.8, 4) is 5.75 Å². The van der Waals surface area contributed by atoms with Crippen LogP contribution >= 0.6 is 0 Å². The van der Waals surface area contributed by atoms with Crippen LogP contribution < -0.4 is 10.1 Å². The number of amides is 2. The number of ether oxygens (including phenoxy) is 1. The average molecular weight is 462 g/mol. The number of aldehydes is 1. The lowest BCUT2D eigenvalue weighted by molar-refractivity contribution is -0.112. The van der Waals surface area contributed by atoms with Crippen molar-refractivity contribution in [1.29, 1.82) is 0 Å². The molecule has 1 aliphatic heterocycles. The Morgan fingerprint density at radius 2 is 2.03 bits per heavy atom. The molecule has 1 N–H and O–H groups in total. The van der Waals surface area contributed by atoms with Gasteiger partial charge in [0.1, 0.15) is 17.6 Å². The number of nitrogens with one attached hydrogen (secondary N) is 1. The summed E-state index contributed by atoms with van der Waals surface area (Å²) in [4.78, 5) is 43.6. The van der Waals surface area contributed by atoms with Gasteiger partial charge >= 0.3 is 0 Å². The van der Waals surface area contributed by atoms with Crippen LogP contribution in [0.1, 0.15) is 65.8 Å². The highest BCUT2D eigenvalue weighted by molar-refractivity contribution is 6.09. The van der Waals surface area contributed by atoms with Gasteiger partial charge in [0.2, 0.25) is 0 Å². The van der Waals surface area contributed by atoms with Crippen LogP contribution in [-0.4, -0.2) is 49.7 Å². The fourth-order valence-electron chi connectivity index (χ4n) is 4.84. The Hall–Kier alpha value is -3.75. The molecule has 34 heavy (non-hydrogen) atoms. The zero-order valence-corrected chi connectivity index (χ0v) is 19.2. The Morgan fingerprint density at radius 3 is 2.76 bits per heavy atom. The predicted octanol–water partition coefficient (Wildman–Crippen LogP) is 3.48. The highest BCUT2D eigenvalue weighted by Gasteiger charge is 2.36. The molecular weight excluding hydrogens is 434 g/mol. The van der Waals surface area contributed by atoms with Crippen LogP contribution in [-0.2, 0) is 11.3 Å². The van der Waals surface area contributed by atoms with Gasteiger partial charge in [0, 0.05) is 36.5 Å². The van der Waals surface area contributed by atoms with Crippen LogP contribution in [0, 0.1) is 5.92 Å². The fraction of sp³-hybridized carbons (Fsp3) is 0.400. The number of benzene rings is 1. The van der Waals surface area contributed by atoms with Crippen molar-refractivity contribution in [1.82, 2.24) is 19.5 Å². The van der Waals surface area contributed by atoms with E-state index in [0.717, 1.165) is 37.5 Å². The number of hydrogen-bond acceptors (Lipinski definition) is 6. The molecule has 1 saturated carbocycles. The summed E-state index contributed by atoms with van der Waals surface area (Å²) in [7, 11) is 0. The molecule has 0 saturated heterocycles. The van der Waals surface area contributed by atoms with Crippen molar-refractivity contribution in [2.45, 2.75) is 58.2 Å². The maximum absolute atomic E-state index is 13.2. The zero-order chi connectivity index (χ0) is 23.8. The van der Waals surface area contributed by atoms with E-state index in [4.69, 9.17) is 4.74 Å². The monoisotopic (exact) mass is 461 g/mol. The van der Waals surface area contributed by atoms with Crippen molar-refractivity contribution in [2.75, 3.05) is 5.32 Å². The molecule has 0 bridgehead atoms. The summed E-state index contributed by atoms with van der Waals surface area (Å²) in [5.41, 5.74) is 2.77. The third-order valence-electron chi connectivity index (χ3n) is 6.55. The van der Waals surface area contributed by atoms with Crippen LogP contribution in [0.15, 0.2) is 36.8 Å². The van der Waals surface area contributed by atoms with E-state index >= 15 is 0 Å². The highest BCUT2D eigenvalue weighted by atomic mass is 16.5. The van der Waals surface area contributed by atoms with Crippen molar-refractivity contribution in [3.05, 3.63) is 53.5 Å². The summed E-state index contributed by atoms with van der Waals surface area (Å²) in [6, 6.07) is 5.43. The van der Waals surface area contributed by atoms with Gasteiger partial charge in [0.25, 0.3) is 11.8 Å². The van der Waals surface area contributed by atoms with Gasteiger partial charge in [-0.25, -0.2) is 9.50 Å². The maximum atomic E-state index is 13.2. The lowest BCUT2D eigenvalue weighted by atomic mass is 9.86. The molecule has 2 aromatic heterocycles. The van der Waals surface area contributed by atoms with Gasteiger partial charge in [-0.05, 0) is 63.3 Å². The summed E-state index contributed by atoms with van der Waals surface area (Å²) < 4.78 is 7.51. The Labute approximate surface area is 197 Å². The van der Waals surface area contributed by atoms with Crippen LogP contribution in [0.2, 0.25) is 0 Å². The molecule has 9 nitrogen and oxygen atoms in total. The molecule has 1 fully saturated rings. The van der Waals surface area contributed by atoms with Crippen molar-refractivity contribution >= 4 is 29.4 Å². The van der Waals surface area contributed by atoms with Crippen molar-refractivity contribution < 1.29 is 19.1 Å². The molecule has 0 unspecified atom stereocenters. The van der Waals surface area contributed by atoms with Gasteiger partial charge < -0.3 is 19.7 Å². The first kappa shape index (κ1) is 22.1. The lowest BCUT2D eigenvalue weighted by Crippen LogP contribution is -2.38. The number of anilines is 1. The summed E-state index contributed by atoms with van der Waals surface area (Å²) in [6.45, 7) is 4.27. The second-order valence-corrected chi connectivity index (χ2v) is 9.21. The topological polar surface area (TPSA) is 106 Å². The minimum atomic E-state index is -0.351. The Morgan fingerprint density at radius 1 is 1.24 bits per heavy atom. The molecule has 5 rings (SSSR count). The Kier molecular flexibility index (Phi) is 5.77. The average Bonchev–Trinajstić information content (AvgIpc) is 3.40. The number of fused-ring (bicyclic) bond motifs is 2. The molecule has 3 aromatic rings. The molecule has 2 aliphatic rings. The minimum absolute atomic E-state index is 0.0251. The van der Waals surface area contributed by atoms with Gasteiger partial charge in [0.05, 0.1) is 18.0 Å². The molecule has 1 aliphatic carbocycles. The number of nitrogens with zero attached hydrogens (tertiary/aromatic N) is 4. The molecule has 3 heterocycles. The summed E-state index contributed by atoms with van der Waals surface area (Å²) in [6.07, 6.45) is 8.97. The smallest absolute Gasteiger partial charge is 0.261 e. The first-order valence-electron chi connectivity index (χ1n) is 11.6. The van der Waals surface area contributed by atoms with Crippen LogP contribution in [0.5, 0.6) is 5.75 Å². The van der Waals surface area contributed by atoms with Gasteiger partial charge in [-0.1, -0.05) is 0 Å². The van der Waals surface area contributed by atoms with Crippen molar-refractivity contribution in [2.24, 2.45) is 5.92 Å². The number of hydrogen-bond donors (Lipinski definition) is 1. The zero-order valence-electron chi connectivity index (χ0n) is 19.2. The lowest BCUT2D eigenvalue weighted by Gasteiger charge is -2.32. The number of carbonyl (C=O) groups is 3. The second-order valence-electron chi connectivity index (χ2n) is 9.21. The van der Waals surface area contributed by atoms with Gasteiger partial charge in [0.15, 0.2) is 5.65 Å². The van der Waals surface area contributed by atoms with E-state index in [1.54, 1.807) is 29.0 Å². The third kappa shape index (κ3) is 4.02. The summed E-state index contributed by atoms with van der Waals surface area (Å²) >= 11 is 0. The normalized spacial score (nSPS) is 20.0. The number of aromatic nitrogens is 3. The quantitative estimate of drug-likeness (QED) is 0.564. The molecule has 0 spiro atoms. The third-order valence-corrected chi connectivity index (χ3v) is 6.55. The molecule has 1 aromatic carbocycles.